The lowest BCUT2D eigenvalue weighted by molar-refractivity contribution is 0.700. The van der Waals surface area contributed by atoms with Gasteiger partial charge in [-0.1, -0.05) is 6.08 Å². The van der Waals surface area contributed by atoms with Crippen molar-refractivity contribution >= 4 is 39.6 Å². The fourth-order valence-corrected chi connectivity index (χ4v) is 4.01. The van der Waals surface area contributed by atoms with Gasteiger partial charge in [-0.15, -0.1) is 17.9 Å². The maximum absolute atomic E-state index is 5.19. The topological polar surface area (TPSA) is 40.7 Å². The lowest BCUT2D eigenvalue weighted by Crippen LogP contribution is -2.04. The van der Waals surface area contributed by atoms with Crippen LogP contribution in [0.5, 0.6) is 0 Å². The Hall–Kier alpha value is -1.20. The fourth-order valence-electron chi connectivity index (χ4n) is 2.48. The molecule has 1 aliphatic carbocycles. The number of hydrogen-bond donors (Lipinski definition) is 2. The number of anilines is 1. The highest BCUT2D eigenvalue weighted by Crippen LogP contribution is 2.38. The standard InChI is InChI=1S/C13H15N3S2/c1-2-7-14-11-10-8-5-3-4-6-9(8)18-12(10)16-13(17)15-11/h2H,1,3-7H2,(H2,14,15,16,17). The molecule has 5 heteroatoms. The first-order valence-electron chi connectivity index (χ1n) is 6.19. The molecule has 0 saturated carbocycles. The van der Waals surface area contributed by atoms with Crippen LogP contribution in [-0.4, -0.2) is 16.5 Å². The minimum atomic E-state index is 0.549. The molecule has 2 aromatic rings. The summed E-state index contributed by atoms with van der Waals surface area (Å²) < 4.78 is 0.549. The van der Waals surface area contributed by atoms with E-state index in [9.17, 15) is 0 Å². The molecule has 2 N–H and O–H groups in total. The maximum Gasteiger partial charge on any atom is 0.199 e. The normalized spacial score (nSPS) is 14.4. The molecule has 3 nitrogen and oxygen atoms in total. The lowest BCUT2D eigenvalue weighted by Gasteiger charge is -2.12. The minimum absolute atomic E-state index is 0.549. The number of aryl methyl sites for hydroxylation is 2. The van der Waals surface area contributed by atoms with Crippen molar-refractivity contribution in [3.8, 4) is 0 Å². The number of thiophene rings is 1. The number of H-pyrrole nitrogens is 1. The Morgan fingerprint density at radius 3 is 3.11 bits per heavy atom. The van der Waals surface area contributed by atoms with E-state index in [1.807, 2.05) is 6.08 Å². The molecule has 3 rings (SSSR count). The van der Waals surface area contributed by atoms with Crippen LogP contribution in [0.25, 0.3) is 10.2 Å². The van der Waals surface area contributed by atoms with Crippen molar-refractivity contribution in [1.29, 1.82) is 0 Å². The van der Waals surface area contributed by atoms with E-state index >= 15 is 0 Å². The van der Waals surface area contributed by atoms with Crippen LogP contribution in [0.3, 0.4) is 0 Å². The monoisotopic (exact) mass is 277 g/mol. The summed E-state index contributed by atoms with van der Waals surface area (Å²) >= 11 is 6.99. The molecule has 18 heavy (non-hydrogen) atoms. The molecule has 0 saturated heterocycles. The first-order chi connectivity index (χ1) is 8.79. The van der Waals surface area contributed by atoms with Crippen molar-refractivity contribution in [2.24, 2.45) is 0 Å². The maximum atomic E-state index is 5.19. The summed E-state index contributed by atoms with van der Waals surface area (Å²) in [4.78, 5) is 10.2. The Labute approximate surface area is 115 Å². The van der Waals surface area contributed by atoms with Gasteiger partial charge in [-0.25, -0.2) is 4.98 Å². The first kappa shape index (κ1) is 11.9. The second-order valence-electron chi connectivity index (χ2n) is 4.48. The van der Waals surface area contributed by atoms with E-state index in [1.165, 1.54) is 35.1 Å². The van der Waals surface area contributed by atoms with E-state index in [4.69, 9.17) is 12.2 Å². The zero-order valence-corrected chi connectivity index (χ0v) is 11.7. The van der Waals surface area contributed by atoms with Crippen LogP contribution in [0.2, 0.25) is 0 Å². The highest BCUT2D eigenvalue weighted by molar-refractivity contribution is 7.71. The van der Waals surface area contributed by atoms with E-state index in [1.54, 1.807) is 11.3 Å². The molecular weight excluding hydrogens is 262 g/mol. The molecule has 0 aromatic carbocycles. The van der Waals surface area contributed by atoms with E-state index in [0.717, 1.165) is 23.6 Å². The molecule has 94 valence electrons. The summed E-state index contributed by atoms with van der Waals surface area (Å²) in [7, 11) is 0. The van der Waals surface area contributed by atoms with E-state index in [2.05, 4.69) is 21.9 Å². The third kappa shape index (κ3) is 1.97. The van der Waals surface area contributed by atoms with Crippen molar-refractivity contribution in [3.63, 3.8) is 0 Å². The van der Waals surface area contributed by atoms with Gasteiger partial charge in [0.2, 0.25) is 0 Å². The molecule has 0 unspecified atom stereocenters. The molecule has 0 amide bonds. The Balaban J connectivity index is 2.22. The van der Waals surface area contributed by atoms with Gasteiger partial charge in [0.25, 0.3) is 0 Å². The number of hydrogen-bond acceptors (Lipinski definition) is 4. The summed E-state index contributed by atoms with van der Waals surface area (Å²) in [5, 5.41) is 4.58. The van der Waals surface area contributed by atoms with E-state index < -0.39 is 0 Å². The van der Waals surface area contributed by atoms with Crippen LogP contribution < -0.4 is 5.32 Å². The van der Waals surface area contributed by atoms with Gasteiger partial charge in [0.1, 0.15) is 10.6 Å². The highest BCUT2D eigenvalue weighted by Gasteiger charge is 2.19. The summed E-state index contributed by atoms with van der Waals surface area (Å²) in [6, 6.07) is 0. The van der Waals surface area contributed by atoms with Gasteiger partial charge in [0.15, 0.2) is 4.77 Å². The average Bonchev–Trinajstić information content (AvgIpc) is 2.73. The smallest absolute Gasteiger partial charge is 0.199 e. The molecule has 0 spiro atoms. The minimum Gasteiger partial charge on any atom is -0.368 e. The average molecular weight is 277 g/mol. The Morgan fingerprint density at radius 2 is 2.28 bits per heavy atom. The van der Waals surface area contributed by atoms with Crippen LogP contribution in [0, 0.1) is 4.77 Å². The van der Waals surface area contributed by atoms with Crippen LogP contribution in [0.4, 0.5) is 5.82 Å². The summed E-state index contributed by atoms with van der Waals surface area (Å²) in [6.07, 6.45) is 6.76. The number of nitrogens with one attached hydrogen (secondary N) is 2. The molecule has 0 fully saturated rings. The first-order valence-corrected chi connectivity index (χ1v) is 7.41. The Kier molecular flexibility index (Phi) is 3.18. The third-order valence-corrected chi connectivity index (χ3v) is 4.64. The van der Waals surface area contributed by atoms with Gasteiger partial charge < -0.3 is 10.3 Å². The molecule has 2 aromatic heterocycles. The Bertz CT molecular complexity index is 654. The van der Waals surface area contributed by atoms with Crippen LogP contribution in [0.15, 0.2) is 12.7 Å². The van der Waals surface area contributed by atoms with Crippen LogP contribution in [0.1, 0.15) is 23.3 Å². The fraction of sp³-hybridized carbons (Fsp3) is 0.385. The van der Waals surface area contributed by atoms with Crippen molar-refractivity contribution < 1.29 is 0 Å². The molecule has 1 aliphatic rings. The number of aromatic nitrogens is 2. The number of rotatable bonds is 3. The largest absolute Gasteiger partial charge is 0.368 e. The summed E-state index contributed by atoms with van der Waals surface area (Å²) in [6.45, 7) is 4.47. The highest BCUT2D eigenvalue weighted by atomic mass is 32.1. The van der Waals surface area contributed by atoms with E-state index in [0.29, 0.717) is 4.77 Å². The van der Waals surface area contributed by atoms with Crippen LogP contribution in [-0.2, 0) is 12.8 Å². The van der Waals surface area contributed by atoms with Crippen molar-refractivity contribution in [3.05, 3.63) is 27.9 Å². The van der Waals surface area contributed by atoms with Gasteiger partial charge in [-0.05, 0) is 43.5 Å². The van der Waals surface area contributed by atoms with Crippen molar-refractivity contribution in [2.45, 2.75) is 25.7 Å². The molecule has 0 aliphatic heterocycles. The number of aromatic amines is 1. The number of fused-ring (bicyclic) bond motifs is 3. The molecule has 2 heterocycles. The predicted molar refractivity (Wildman–Crippen MR) is 80.1 cm³/mol. The Morgan fingerprint density at radius 1 is 1.44 bits per heavy atom. The second kappa shape index (κ2) is 4.82. The third-order valence-electron chi connectivity index (χ3n) is 3.26. The summed E-state index contributed by atoms with van der Waals surface area (Å²) in [5.74, 6) is 1.00. The SMILES string of the molecule is C=CCNc1[nH]c(=S)nc2sc3c(c12)CCCC3. The second-order valence-corrected chi connectivity index (χ2v) is 5.95. The van der Waals surface area contributed by atoms with Crippen molar-refractivity contribution in [1.82, 2.24) is 9.97 Å². The zero-order valence-electron chi connectivity index (χ0n) is 10.1. The number of nitrogens with zero attached hydrogens (tertiary/aromatic N) is 1. The molecule has 0 bridgehead atoms. The zero-order chi connectivity index (χ0) is 12.5. The van der Waals surface area contributed by atoms with Gasteiger partial charge in [-0.3, -0.25) is 0 Å². The quantitative estimate of drug-likeness (QED) is 0.661. The lowest BCUT2D eigenvalue weighted by atomic mass is 9.97. The van der Waals surface area contributed by atoms with Gasteiger partial charge in [0.05, 0.1) is 5.39 Å². The van der Waals surface area contributed by atoms with Crippen LogP contribution >= 0.6 is 23.6 Å². The van der Waals surface area contributed by atoms with Crippen molar-refractivity contribution in [2.75, 3.05) is 11.9 Å². The summed E-state index contributed by atoms with van der Waals surface area (Å²) in [5.41, 5.74) is 1.46. The molecule has 0 radical (unpaired) electrons. The van der Waals surface area contributed by atoms with Gasteiger partial charge >= 0.3 is 0 Å². The molecular formula is C13H15N3S2. The van der Waals surface area contributed by atoms with Gasteiger partial charge in [-0.2, -0.15) is 0 Å². The van der Waals surface area contributed by atoms with Gasteiger partial charge in [0, 0.05) is 11.4 Å². The van der Waals surface area contributed by atoms with E-state index in [-0.39, 0.29) is 0 Å². The predicted octanol–water partition coefficient (Wildman–Crippen LogP) is 3.83. The molecule has 0 atom stereocenters.